The fraction of sp³-hybridized carbons (Fsp3) is 0.312. The van der Waals surface area contributed by atoms with Crippen molar-refractivity contribution in [2.45, 2.75) is 51.5 Å². The number of carboxylic acids is 1. The van der Waals surface area contributed by atoms with Gasteiger partial charge in [0.1, 0.15) is 0 Å². The summed E-state index contributed by atoms with van der Waals surface area (Å²) in [6, 6.07) is 22.5. The number of hydrogen-bond acceptors (Lipinski definition) is 3. The number of rotatable bonds is 9. The molecule has 3 aromatic carbocycles. The minimum absolute atomic E-state index is 0.0491. The van der Waals surface area contributed by atoms with Gasteiger partial charge < -0.3 is 20.3 Å². The van der Waals surface area contributed by atoms with Crippen molar-refractivity contribution in [2.75, 3.05) is 18.0 Å². The number of aliphatic carboxylic acids is 1. The topological polar surface area (TPSA) is 85.4 Å². The van der Waals surface area contributed by atoms with Crippen LogP contribution in [0.3, 0.4) is 0 Å². The normalized spacial score (nSPS) is 14.4. The molecule has 6 heteroatoms. The van der Waals surface area contributed by atoms with Gasteiger partial charge in [-0.05, 0) is 67.5 Å². The minimum atomic E-state index is -0.818. The lowest BCUT2D eigenvalue weighted by molar-refractivity contribution is -0.137. The summed E-state index contributed by atoms with van der Waals surface area (Å²) < 4.78 is 0. The van der Waals surface area contributed by atoms with Gasteiger partial charge in [-0.15, -0.1) is 0 Å². The van der Waals surface area contributed by atoms with Crippen molar-refractivity contribution in [3.63, 3.8) is 0 Å². The quantitative estimate of drug-likeness (QED) is 0.261. The van der Waals surface area contributed by atoms with Crippen LogP contribution in [0.5, 0.6) is 0 Å². The summed E-state index contributed by atoms with van der Waals surface area (Å²) in [5.74, 6) is -0.867. The lowest BCUT2D eigenvalue weighted by atomic mass is 9.94. The van der Waals surface area contributed by atoms with Crippen LogP contribution in [0.25, 0.3) is 10.9 Å². The van der Waals surface area contributed by atoms with E-state index in [9.17, 15) is 9.59 Å². The van der Waals surface area contributed by atoms with Crippen molar-refractivity contribution in [1.29, 1.82) is 0 Å². The smallest absolute Gasteiger partial charge is 0.303 e. The maximum atomic E-state index is 13.5. The largest absolute Gasteiger partial charge is 0.481 e. The molecule has 1 aliphatic heterocycles. The molecule has 1 amide bonds. The molecule has 1 aliphatic rings. The van der Waals surface area contributed by atoms with Gasteiger partial charge in [-0.1, -0.05) is 54.1 Å². The van der Waals surface area contributed by atoms with Crippen molar-refractivity contribution in [2.24, 2.45) is 0 Å². The Morgan fingerprint density at radius 2 is 1.82 bits per heavy atom. The zero-order valence-electron chi connectivity index (χ0n) is 21.9. The van der Waals surface area contributed by atoms with E-state index in [-0.39, 0.29) is 24.8 Å². The Labute approximate surface area is 223 Å². The molecule has 0 radical (unpaired) electrons. The van der Waals surface area contributed by atoms with Crippen molar-refractivity contribution in [1.82, 2.24) is 10.3 Å². The van der Waals surface area contributed by atoms with Gasteiger partial charge in [0.15, 0.2) is 0 Å². The van der Waals surface area contributed by atoms with Crippen LogP contribution >= 0.6 is 0 Å². The second-order valence-electron chi connectivity index (χ2n) is 10.3. The van der Waals surface area contributed by atoms with E-state index < -0.39 is 5.97 Å². The fourth-order valence-corrected chi connectivity index (χ4v) is 5.53. The van der Waals surface area contributed by atoms with Gasteiger partial charge in [-0.25, -0.2) is 0 Å². The molecular weight excluding hydrogens is 474 g/mol. The lowest BCUT2D eigenvalue weighted by Crippen LogP contribution is -2.34. The number of aromatic amines is 1. The first-order valence-electron chi connectivity index (χ1n) is 13.5. The van der Waals surface area contributed by atoms with Gasteiger partial charge in [-0.2, -0.15) is 0 Å². The SMILES string of the molecule is Cc1cccc(C(NC(=O)Cc2ccc3[nH]cc(CCC(=O)O)c3c2)c2ccccc2N2CCCCC2)c1. The summed E-state index contributed by atoms with van der Waals surface area (Å²) in [7, 11) is 0. The second kappa shape index (κ2) is 11.5. The van der Waals surface area contributed by atoms with Crippen LogP contribution in [0, 0.1) is 6.92 Å². The number of carboxylic acid groups (broad SMARTS) is 1. The predicted octanol–water partition coefficient (Wildman–Crippen LogP) is 5.93. The zero-order valence-corrected chi connectivity index (χ0v) is 21.9. The van der Waals surface area contributed by atoms with Crippen LogP contribution in [0.15, 0.2) is 72.9 Å². The summed E-state index contributed by atoms with van der Waals surface area (Å²) >= 11 is 0. The summed E-state index contributed by atoms with van der Waals surface area (Å²) in [4.78, 5) is 30.2. The van der Waals surface area contributed by atoms with E-state index in [0.717, 1.165) is 51.8 Å². The Morgan fingerprint density at radius 1 is 1.00 bits per heavy atom. The van der Waals surface area contributed by atoms with Gasteiger partial charge in [0, 0.05) is 47.9 Å². The van der Waals surface area contributed by atoms with Crippen molar-refractivity contribution >= 4 is 28.5 Å². The third-order valence-electron chi connectivity index (χ3n) is 7.43. The van der Waals surface area contributed by atoms with E-state index in [2.05, 4.69) is 64.6 Å². The van der Waals surface area contributed by atoms with Crippen LogP contribution < -0.4 is 10.2 Å². The number of nitrogens with one attached hydrogen (secondary N) is 2. The first-order valence-corrected chi connectivity index (χ1v) is 13.5. The van der Waals surface area contributed by atoms with Gasteiger partial charge in [0.2, 0.25) is 5.91 Å². The number of carbonyl (C=O) groups is 2. The zero-order chi connectivity index (χ0) is 26.5. The first kappa shape index (κ1) is 25.6. The summed E-state index contributed by atoms with van der Waals surface area (Å²) in [6.07, 6.45) is 6.27. The molecule has 38 heavy (non-hydrogen) atoms. The number of benzene rings is 3. The number of anilines is 1. The monoisotopic (exact) mass is 509 g/mol. The Kier molecular flexibility index (Phi) is 7.78. The third kappa shape index (κ3) is 5.91. The molecular formula is C32H35N3O3. The number of nitrogens with zero attached hydrogens (tertiary/aromatic N) is 1. The minimum Gasteiger partial charge on any atom is -0.481 e. The summed E-state index contributed by atoms with van der Waals surface area (Å²) in [6.45, 7) is 4.14. The lowest BCUT2D eigenvalue weighted by Gasteiger charge is -2.33. The maximum Gasteiger partial charge on any atom is 0.303 e. The number of hydrogen-bond donors (Lipinski definition) is 3. The molecule has 1 aromatic heterocycles. The highest BCUT2D eigenvalue weighted by atomic mass is 16.4. The number of carbonyl (C=O) groups excluding carboxylic acids is 1. The molecule has 0 saturated carbocycles. The molecule has 6 nitrogen and oxygen atoms in total. The number of H-pyrrole nitrogens is 1. The highest BCUT2D eigenvalue weighted by Gasteiger charge is 2.23. The third-order valence-corrected chi connectivity index (χ3v) is 7.43. The number of piperidine rings is 1. The van der Waals surface area contributed by atoms with E-state index in [1.54, 1.807) is 0 Å². The molecule has 5 rings (SSSR count). The average molecular weight is 510 g/mol. The highest BCUT2D eigenvalue weighted by molar-refractivity contribution is 5.87. The van der Waals surface area contributed by atoms with Crippen LogP contribution in [0.1, 0.15) is 59.5 Å². The molecule has 1 unspecified atom stereocenters. The molecule has 3 N–H and O–H groups in total. The van der Waals surface area contributed by atoms with Crippen LogP contribution in [-0.4, -0.2) is 35.1 Å². The maximum absolute atomic E-state index is 13.5. The Bertz CT molecular complexity index is 1430. The number of para-hydroxylation sites is 1. The van der Waals surface area contributed by atoms with E-state index in [1.165, 1.54) is 24.9 Å². The van der Waals surface area contributed by atoms with Gasteiger partial charge in [0.05, 0.1) is 12.5 Å². The van der Waals surface area contributed by atoms with Gasteiger partial charge in [-0.3, -0.25) is 9.59 Å². The van der Waals surface area contributed by atoms with Crippen molar-refractivity contribution in [3.8, 4) is 0 Å². The van der Waals surface area contributed by atoms with Crippen LogP contribution in [-0.2, 0) is 22.4 Å². The standard InChI is InChI=1S/C32H35N3O3/c1-22-8-7-9-24(18-22)32(26-10-3-4-11-29(26)35-16-5-2-6-17-35)34-30(36)20-23-12-14-28-27(19-23)25(21-33-28)13-15-31(37)38/h3-4,7-12,14,18-19,21,32-33H,2,5-6,13,15-17,20H2,1H3,(H,34,36)(H,37,38). The van der Waals surface area contributed by atoms with E-state index in [1.807, 2.05) is 30.5 Å². The molecule has 4 aromatic rings. The molecule has 1 fully saturated rings. The first-order chi connectivity index (χ1) is 18.5. The average Bonchev–Trinajstić information content (AvgIpc) is 3.33. The Balaban J connectivity index is 1.42. The number of fused-ring (bicyclic) bond motifs is 1. The molecule has 1 saturated heterocycles. The fourth-order valence-electron chi connectivity index (χ4n) is 5.53. The molecule has 0 spiro atoms. The van der Waals surface area contributed by atoms with Crippen LogP contribution in [0.4, 0.5) is 5.69 Å². The Morgan fingerprint density at radius 3 is 2.61 bits per heavy atom. The van der Waals surface area contributed by atoms with Gasteiger partial charge in [0.25, 0.3) is 0 Å². The predicted molar refractivity (Wildman–Crippen MR) is 152 cm³/mol. The van der Waals surface area contributed by atoms with E-state index in [4.69, 9.17) is 5.11 Å². The summed E-state index contributed by atoms with van der Waals surface area (Å²) in [5, 5.41) is 13.4. The number of aromatic nitrogens is 1. The molecule has 196 valence electrons. The van der Waals surface area contributed by atoms with Crippen molar-refractivity contribution in [3.05, 3.63) is 101 Å². The van der Waals surface area contributed by atoms with Gasteiger partial charge >= 0.3 is 5.97 Å². The van der Waals surface area contributed by atoms with Crippen molar-refractivity contribution < 1.29 is 14.7 Å². The Hall–Kier alpha value is -4.06. The highest BCUT2D eigenvalue weighted by Crippen LogP contribution is 2.33. The molecule has 1 atom stereocenters. The number of aryl methyl sites for hydroxylation is 2. The van der Waals surface area contributed by atoms with E-state index in [0.29, 0.717) is 6.42 Å². The number of amides is 1. The summed E-state index contributed by atoms with van der Waals surface area (Å²) in [5.41, 5.74) is 7.34. The van der Waals surface area contributed by atoms with Crippen LogP contribution in [0.2, 0.25) is 0 Å². The molecule has 0 aliphatic carbocycles. The molecule has 0 bridgehead atoms. The molecule has 2 heterocycles. The second-order valence-corrected chi connectivity index (χ2v) is 10.3. The van der Waals surface area contributed by atoms with E-state index >= 15 is 0 Å².